The lowest BCUT2D eigenvalue weighted by atomic mass is 10.1. The SMILES string of the molecule is O=C(N[C@@H]1CCc2ccccc21)On1c(O)cn(Cc2ccccc2)c1=O. The molecule has 7 nitrogen and oxygen atoms in total. The van der Waals surface area contributed by atoms with Gasteiger partial charge in [-0.2, -0.15) is 0 Å². The Hall–Kier alpha value is -3.48. The Morgan fingerprint density at radius 2 is 1.89 bits per heavy atom. The van der Waals surface area contributed by atoms with Crippen molar-refractivity contribution in [3.63, 3.8) is 0 Å². The molecule has 0 saturated heterocycles. The van der Waals surface area contributed by atoms with Crippen LogP contribution in [-0.2, 0) is 13.0 Å². The van der Waals surface area contributed by atoms with Gasteiger partial charge < -0.3 is 15.3 Å². The van der Waals surface area contributed by atoms with E-state index in [4.69, 9.17) is 4.84 Å². The van der Waals surface area contributed by atoms with Gasteiger partial charge in [0.25, 0.3) is 0 Å². The molecule has 3 aromatic rings. The van der Waals surface area contributed by atoms with Gasteiger partial charge in [0, 0.05) is 0 Å². The molecule has 0 fully saturated rings. The summed E-state index contributed by atoms with van der Waals surface area (Å²) >= 11 is 0. The van der Waals surface area contributed by atoms with Crippen molar-refractivity contribution in [2.24, 2.45) is 0 Å². The van der Waals surface area contributed by atoms with Crippen LogP contribution in [0.15, 0.2) is 65.6 Å². The van der Waals surface area contributed by atoms with Gasteiger partial charge in [-0.05, 0) is 29.5 Å². The zero-order chi connectivity index (χ0) is 18.8. The highest BCUT2D eigenvalue weighted by molar-refractivity contribution is 5.68. The minimum Gasteiger partial charge on any atom is -0.491 e. The molecule has 7 heteroatoms. The zero-order valence-electron chi connectivity index (χ0n) is 14.5. The number of hydrogen-bond donors (Lipinski definition) is 2. The number of carbonyl (C=O) groups is 1. The lowest BCUT2D eigenvalue weighted by molar-refractivity contribution is 0.112. The molecule has 0 aliphatic heterocycles. The molecule has 27 heavy (non-hydrogen) atoms. The largest absolute Gasteiger partial charge is 0.491 e. The molecule has 1 aliphatic carbocycles. The van der Waals surface area contributed by atoms with E-state index >= 15 is 0 Å². The number of aryl methyl sites for hydroxylation is 1. The van der Waals surface area contributed by atoms with Crippen LogP contribution in [-0.4, -0.2) is 20.5 Å². The molecule has 0 bridgehead atoms. The van der Waals surface area contributed by atoms with Crippen LogP contribution in [0.25, 0.3) is 0 Å². The molecular weight excluding hydrogens is 346 g/mol. The predicted molar refractivity (Wildman–Crippen MR) is 98.5 cm³/mol. The number of carbonyl (C=O) groups excluding carboxylic acids is 1. The smallest absolute Gasteiger partial charge is 0.432 e. The summed E-state index contributed by atoms with van der Waals surface area (Å²) < 4.78 is 1.88. The third kappa shape index (κ3) is 3.44. The van der Waals surface area contributed by atoms with E-state index < -0.39 is 17.7 Å². The molecule has 1 aromatic heterocycles. The molecule has 1 heterocycles. The molecule has 0 radical (unpaired) electrons. The second-order valence-electron chi connectivity index (χ2n) is 6.49. The number of benzene rings is 2. The van der Waals surface area contributed by atoms with Gasteiger partial charge in [-0.15, -0.1) is 0 Å². The van der Waals surface area contributed by atoms with Gasteiger partial charge >= 0.3 is 11.8 Å². The van der Waals surface area contributed by atoms with E-state index in [2.05, 4.69) is 5.32 Å². The van der Waals surface area contributed by atoms with Crippen molar-refractivity contribution < 1.29 is 14.7 Å². The quantitative estimate of drug-likeness (QED) is 0.742. The Balaban J connectivity index is 1.47. The van der Waals surface area contributed by atoms with Crippen LogP contribution in [0.1, 0.15) is 29.2 Å². The summed E-state index contributed by atoms with van der Waals surface area (Å²) in [5.41, 5.74) is 2.51. The predicted octanol–water partition coefficient (Wildman–Crippen LogP) is 2.23. The maximum Gasteiger partial charge on any atom is 0.432 e. The van der Waals surface area contributed by atoms with Crippen LogP contribution in [0, 0.1) is 0 Å². The maximum atomic E-state index is 12.4. The summed E-state index contributed by atoms with van der Waals surface area (Å²) in [6, 6.07) is 17.0. The third-order valence-electron chi connectivity index (χ3n) is 4.69. The number of nitrogens with one attached hydrogen (secondary N) is 1. The van der Waals surface area contributed by atoms with Crippen LogP contribution >= 0.6 is 0 Å². The van der Waals surface area contributed by atoms with Crippen molar-refractivity contribution in [3.05, 3.63) is 88.0 Å². The van der Waals surface area contributed by atoms with E-state index in [9.17, 15) is 14.7 Å². The topological polar surface area (TPSA) is 85.5 Å². The number of aromatic nitrogens is 2. The molecule has 2 aromatic carbocycles. The monoisotopic (exact) mass is 365 g/mol. The molecule has 1 atom stereocenters. The standard InChI is InChI=1S/C20H19N3O4/c24-18-13-22(12-14-6-2-1-3-7-14)20(26)23(18)27-19(25)21-17-11-10-15-8-4-5-9-16(15)17/h1-9,13,17,24H,10-12H2,(H,21,25)/t17-/m1/s1. The second kappa shape index (κ2) is 7.03. The first kappa shape index (κ1) is 17.0. The van der Waals surface area contributed by atoms with Gasteiger partial charge in [0.1, 0.15) is 0 Å². The molecule has 1 amide bonds. The first-order valence-electron chi connectivity index (χ1n) is 8.73. The summed E-state index contributed by atoms with van der Waals surface area (Å²) in [5.74, 6) is -0.432. The van der Waals surface area contributed by atoms with Crippen molar-refractivity contribution in [2.75, 3.05) is 0 Å². The van der Waals surface area contributed by atoms with E-state index in [0.717, 1.165) is 24.0 Å². The molecule has 138 valence electrons. The van der Waals surface area contributed by atoms with Gasteiger partial charge in [-0.1, -0.05) is 59.3 Å². The van der Waals surface area contributed by atoms with Crippen molar-refractivity contribution >= 4 is 6.09 Å². The molecule has 2 N–H and O–H groups in total. The first-order valence-corrected chi connectivity index (χ1v) is 8.73. The van der Waals surface area contributed by atoms with Crippen molar-refractivity contribution in [2.45, 2.75) is 25.4 Å². The Kier molecular flexibility index (Phi) is 4.42. The van der Waals surface area contributed by atoms with Crippen molar-refractivity contribution in [1.29, 1.82) is 0 Å². The number of imidazole rings is 1. The lowest BCUT2D eigenvalue weighted by Gasteiger charge is -2.13. The van der Waals surface area contributed by atoms with Crippen LogP contribution in [0.4, 0.5) is 4.79 Å². The number of amides is 1. The minimum atomic E-state index is -0.786. The fourth-order valence-corrected chi connectivity index (χ4v) is 3.40. The highest BCUT2D eigenvalue weighted by atomic mass is 16.7. The van der Waals surface area contributed by atoms with Crippen molar-refractivity contribution in [1.82, 2.24) is 14.6 Å². The average molecular weight is 365 g/mol. The fraction of sp³-hybridized carbons (Fsp3) is 0.200. The summed E-state index contributed by atoms with van der Waals surface area (Å²) in [5, 5.41) is 12.8. The van der Waals surface area contributed by atoms with E-state index in [0.29, 0.717) is 4.73 Å². The number of fused-ring (bicyclic) bond motifs is 1. The second-order valence-corrected chi connectivity index (χ2v) is 6.49. The van der Waals surface area contributed by atoms with Crippen LogP contribution in [0.2, 0.25) is 0 Å². The Labute approximate surface area is 155 Å². The maximum absolute atomic E-state index is 12.4. The van der Waals surface area contributed by atoms with Crippen molar-refractivity contribution in [3.8, 4) is 5.88 Å². The van der Waals surface area contributed by atoms with E-state index in [1.807, 2.05) is 54.6 Å². The Bertz CT molecular complexity index is 1020. The highest BCUT2D eigenvalue weighted by Crippen LogP contribution is 2.30. The molecule has 4 rings (SSSR count). The average Bonchev–Trinajstić information content (AvgIpc) is 3.19. The van der Waals surface area contributed by atoms with E-state index in [1.54, 1.807) is 0 Å². The van der Waals surface area contributed by atoms with E-state index in [1.165, 1.54) is 16.3 Å². The molecule has 0 spiro atoms. The number of hydrogen-bond acceptors (Lipinski definition) is 4. The van der Waals surface area contributed by atoms with Gasteiger partial charge in [-0.3, -0.25) is 4.57 Å². The Morgan fingerprint density at radius 3 is 2.70 bits per heavy atom. The van der Waals surface area contributed by atoms with Gasteiger partial charge in [-0.25, -0.2) is 9.59 Å². The number of nitrogens with zero attached hydrogens (tertiary/aromatic N) is 2. The Morgan fingerprint density at radius 1 is 1.15 bits per heavy atom. The summed E-state index contributed by atoms with van der Waals surface area (Å²) in [6.07, 6.45) is 2.10. The third-order valence-corrected chi connectivity index (χ3v) is 4.69. The number of aromatic hydroxyl groups is 1. The zero-order valence-corrected chi connectivity index (χ0v) is 14.5. The minimum absolute atomic E-state index is 0.169. The molecular formula is C20H19N3O4. The molecule has 1 aliphatic rings. The first-order chi connectivity index (χ1) is 13.1. The van der Waals surface area contributed by atoms with E-state index in [-0.39, 0.29) is 12.6 Å². The van der Waals surface area contributed by atoms with Gasteiger partial charge in [0.05, 0.1) is 18.8 Å². The fourth-order valence-electron chi connectivity index (χ4n) is 3.40. The van der Waals surface area contributed by atoms with Gasteiger partial charge in [0.2, 0.25) is 5.88 Å². The summed E-state index contributed by atoms with van der Waals surface area (Å²) in [7, 11) is 0. The van der Waals surface area contributed by atoms with Crippen LogP contribution in [0.5, 0.6) is 5.88 Å². The number of rotatable bonds is 4. The summed E-state index contributed by atoms with van der Waals surface area (Å²) in [6.45, 7) is 0.265. The van der Waals surface area contributed by atoms with Gasteiger partial charge in [0.15, 0.2) is 0 Å². The summed E-state index contributed by atoms with van der Waals surface area (Å²) in [4.78, 5) is 29.7. The normalized spacial score (nSPS) is 15.3. The van der Waals surface area contributed by atoms with Crippen LogP contribution < -0.4 is 15.8 Å². The lowest BCUT2D eigenvalue weighted by Crippen LogP contribution is -2.39. The highest BCUT2D eigenvalue weighted by Gasteiger charge is 2.25. The molecule has 0 unspecified atom stereocenters. The van der Waals surface area contributed by atoms with Crippen LogP contribution in [0.3, 0.4) is 0 Å². The molecule has 0 saturated carbocycles.